The van der Waals surface area contributed by atoms with Crippen molar-refractivity contribution in [3.8, 4) is 5.75 Å². The smallest absolute Gasteiger partial charge is 0.263 e. The summed E-state index contributed by atoms with van der Waals surface area (Å²) in [4.78, 5) is 17.2. The Morgan fingerprint density at radius 1 is 1.33 bits per heavy atom. The zero-order chi connectivity index (χ0) is 16.9. The molecule has 0 saturated heterocycles. The number of rotatable bonds is 6. The number of amides is 1. The Bertz CT molecular complexity index is 816. The summed E-state index contributed by atoms with van der Waals surface area (Å²) >= 11 is 7.14. The number of nitrogens with zero attached hydrogens (tertiary/aromatic N) is 2. The van der Waals surface area contributed by atoms with Gasteiger partial charge < -0.3 is 14.6 Å². The van der Waals surface area contributed by atoms with Crippen LogP contribution >= 0.6 is 22.9 Å². The van der Waals surface area contributed by atoms with E-state index in [1.807, 2.05) is 0 Å². The van der Waals surface area contributed by atoms with Crippen LogP contribution < -0.4 is 10.1 Å². The standard InChI is InChI=1S/C16H14ClN3O3S/c1-10-15(16(21)18-8-12-6-7-23-20-12)24-14(19-10)9-22-13-4-2-11(17)3-5-13/h2-7H,8-9H2,1H3,(H,18,21). The van der Waals surface area contributed by atoms with Gasteiger partial charge in [0.05, 0.1) is 12.2 Å². The van der Waals surface area contributed by atoms with E-state index in [1.165, 1.54) is 17.6 Å². The Labute approximate surface area is 147 Å². The minimum Gasteiger partial charge on any atom is -0.486 e. The Balaban J connectivity index is 1.59. The molecular weight excluding hydrogens is 350 g/mol. The molecule has 0 spiro atoms. The number of benzene rings is 1. The van der Waals surface area contributed by atoms with Crippen LogP contribution in [0.3, 0.4) is 0 Å². The third-order valence-corrected chi connectivity index (χ3v) is 4.53. The summed E-state index contributed by atoms with van der Waals surface area (Å²) in [5.74, 6) is 0.509. The minimum absolute atomic E-state index is 0.189. The monoisotopic (exact) mass is 363 g/mol. The Morgan fingerprint density at radius 3 is 2.83 bits per heavy atom. The van der Waals surface area contributed by atoms with Gasteiger partial charge in [-0.05, 0) is 31.2 Å². The molecule has 0 saturated carbocycles. The first-order valence-electron chi connectivity index (χ1n) is 7.14. The van der Waals surface area contributed by atoms with Gasteiger partial charge in [-0.3, -0.25) is 4.79 Å². The summed E-state index contributed by atoms with van der Waals surface area (Å²) in [6.45, 7) is 2.40. The van der Waals surface area contributed by atoms with Crippen molar-refractivity contribution in [2.45, 2.75) is 20.1 Å². The van der Waals surface area contributed by atoms with Crippen molar-refractivity contribution >= 4 is 28.8 Å². The van der Waals surface area contributed by atoms with Crippen LogP contribution in [0.2, 0.25) is 5.02 Å². The maximum absolute atomic E-state index is 12.2. The lowest BCUT2D eigenvalue weighted by Crippen LogP contribution is -2.22. The van der Waals surface area contributed by atoms with Gasteiger partial charge in [0.25, 0.3) is 5.91 Å². The fourth-order valence-electron chi connectivity index (χ4n) is 1.98. The average Bonchev–Trinajstić information content (AvgIpc) is 3.22. The molecule has 24 heavy (non-hydrogen) atoms. The fourth-order valence-corrected chi connectivity index (χ4v) is 3.00. The third kappa shape index (κ3) is 4.12. The average molecular weight is 364 g/mol. The fraction of sp³-hybridized carbons (Fsp3) is 0.188. The van der Waals surface area contributed by atoms with E-state index >= 15 is 0 Å². The van der Waals surface area contributed by atoms with Crippen molar-refractivity contribution < 1.29 is 14.1 Å². The molecule has 0 fully saturated rings. The van der Waals surface area contributed by atoms with E-state index in [2.05, 4.69) is 15.5 Å². The van der Waals surface area contributed by atoms with Gasteiger partial charge in [-0.2, -0.15) is 0 Å². The highest BCUT2D eigenvalue weighted by Crippen LogP contribution is 2.21. The Kier molecular flexibility index (Phi) is 5.12. The van der Waals surface area contributed by atoms with Crippen LogP contribution in [0.1, 0.15) is 26.1 Å². The molecule has 124 valence electrons. The van der Waals surface area contributed by atoms with Gasteiger partial charge in [-0.1, -0.05) is 16.8 Å². The lowest BCUT2D eigenvalue weighted by atomic mass is 10.3. The summed E-state index contributed by atoms with van der Waals surface area (Å²) in [7, 11) is 0. The topological polar surface area (TPSA) is 77.2 Å². The molecule has 0 atom stereocenters. The quantitative estimate of drug-likeness (QED) is 0.724. The highest BCUT2D eigenvalue weighted by atomic mass is 35.5. The van der Waals surface area contributed by atoms with E-state index in [1.54, 1.807) is 37.3 Å². The second-order valence-corrected chi connectivity index (χ2v) is 6.46. The van der Waals surface area contributed by atoms with Crippen molar-refractivity contribution in [1.29, 1.82) is 0 Å². The van der Waals surface area contributed by atoms with E-state index in [9.17, 15) is 4.79 Å². The molecule has 1 aromatic carbocycles. The highest BCUT2D eigenvalue weighted by Gasteiger charge is 2.15. The number of nitrogens with one attached hydrogen (secondary N) is 1. The van der Waals surface area contributed by atoms with Crippen LogP contribution in [-0.4, -0.2) is 16.0 Å². The van der Waals surface area contributed by atoms with Gasteiger partial charge in [0.15, 0.2) is 0 Å². The van der Waals surface area contributed by atoms with Crippen LogP contribution in [0.15, 0.2) is 41.1 Å². The lowest BCUT2D eigenvalue weighted by Gasteiger charge is -2.03. The van der Waals surface area contributed by atoms with Crippen molar-refractivity contribution in [1.82, 2.24) is 15.5 Å². The van der Waals surface area contributed by atoms with Gasteiger partial charge in [0, 0.05) is 11.1 Å². The first kappa shape index (κ1) is 16.5. The van der Waals surface area contributed by atoms with Crippen LogP contribution in [-0.2, 0) is 13.2 Å². The maximum Gasteiger partial charge on any atom is 0.263 e. The predicted molar refractivity (Wildman–Crippen MR) is 90.3 cm³/mol. The minimum atomic E-state index is -0.189. The van der Waals surface area contributed by atoms with Crippen molar-refractivity contribution in [2.75, 3.05) is 0 Å². The summed E-state index contributed by atoms with van der Waals surface area (Å²) in [6.07, 6.45) is 1.46. The number of hydrogen-bond acceptors (Lipinski definition) is 6. The van der Waals surface area contributed by atoms with E-state index in [-0.39, 0.29) is 5.91 Å². The molecule has 0 aliphatic carbocycles. The zero-order valence-electron chi connectivity index (χ0n) is 12.8. The Morgan fingerprint density at radius 2 is 2.12 bits per heavy atom. The third-order valence-electron chi connectivity index (χ3n) is 3.14. The van der Waals surface area contributed by atoms with Crippen molar-refractivity contribution in [3.05, 3.63) is 62.9 Å². The molecule has 2 heterocycles. The SMILES string of the molecule is Cc1nc(COc2ccc(Cl)cc2)sc1C(=O)NCc1ccon1. The number of thiazole rings is 1. The van der Waals surface area contributed by atoms with Gasteiger partial charge in [0.1, 0.15) is 34.2 Å². The van der Waals surface area contributed by atoms with E-state index < -0.39 is 0 Å². The highest BCUT2D eigenvalue weighted by molar-refractivity contribution is 7.13. The largest absolute Gasteiger partial charge is 0.486 e. The molecule has 1 N–H and O–H groups in total. The molecule has 3 aromatic rings. The van der Waals surface area contributed by atoms with Gasteiger partial charge in [0.2, 0.25) is 0 Å². The number of aromatic nitrogens is 2. The number of aryl methyl sites for hydroxylation is 1. The number of hydrogen-bond donors (Lipinski definition) is 1. The number of carbonyl (C=O) groups is 1. The number of ether oxygens (including phenoxy) is 1. The van der Waals surface area contributed by atoms with Gasteiger partial charge >= 0.3 is 0 Å². The predicted octanol–water partition coefficient (Wildman–Crippen LogP) is 3.60. The van der Waals surface area contributed by atoms with Crippen molar-refractivity contribution in [2.24, 2.45) is 0 Å². The molecule has 2 aromatic heterocycles. The molecule has 3 rings (SSSR count). The molecule has 1 amide bonds. The molecule has 6 nitrogen and oxygen atoms in total. The first-order valence-corrected chi connectivity index (χ1v) is 8.33. The molecule has 0 aliphatic heterocycles. The molecule has 0 unspecified atom stereocenters. The normalized spacial score (nSPS) is 10.6. The summed E-state index contributed by atoms with van der Waals surface area (Å²) in [5.41, 5.74) is 1.34. The van der Waals surface area contributed by atoms with Crippen molar-refractivity contribution in [3.63, 3.8) is 0 Å². The number of carbonyl (C=O) groups excluding carboxylic acids is 1. The summed E-state index contributed by atoms with van der Waals surface area (Å²) in [6, 6.07) is 8.79. The van der Waals surface area contributed by atoms with Gasteiger partial charge in [-0.25, -0.2) is 4.98 Å². The van der Waals surface area contributed by atoms with Crippen LogP contribution in [0.25, 0.3) is 0 Å². The van der Waals surface area contributed by atoms with Crippen LogP contribution in [0.5, 0.6) is 5.75 Å². The molecule has 0 aliphatic rings. The van der Waals surface area contributed by atoms with E-state index in [0.717, 1.165) is 5.01 Å². The zero-order valence-corrected chi connectivity index (χ0v) is 14.4. The second kappa shape index (κ2) is 7.46. The summed E-state index contributed by atoms with van der Waals surface area (Å²) < 4.78 is 10.4. The molecule has 8 heteroatoms. The van der Waals surface area contributed by atoms with E-state index in [4.69, 9.17) is 20.9 Å². The maximum atomic E-state index is 12.2. The lowest BCUT2D eigenvalue weighted by molar-refractivity contribution is 0.0953. The second-order valence-electron chi connectivity index (χ2n) is 4.94. The number of halogens is 1. The van der Waals surface area contributed by atoms with Crippen LogP contribution in [0, 0.1) is 6.92 Å². The molecule has 0 bridgehead atoms. The van der Waals surface area contributed by atoms with Gasteiger partial charge in [-0.15, -0.1) is 11.3 Å². The first-order chi connectivity index (χ1) is 11.6. The summed E-state index contributed by atoms with van der Waals surface area (Å²) in [5, 5.41) is 7.92. The Hall–Kier alpha value is -2.38. The van der Waals surface area contributed by atoms with E-state index in [0.29, 0.717) is 40.2 Å². The van der Waals surface area contributed by atoms with Crippen LogP contribution in [0.4, 0.5) is 0 Å². The molecular formula is C16H14ClN3O3S. The molecule has 0 radical (unpaired) electrons.